The van der Waals surface area contributed by atoms with Crippen molar-refractivity contribution >= 4 is 26.5 Å². The van der Waals surface area contributed by atoms with Gasteiger partial charge in [-0.25, -0.2) is 18.1 Å². The Bertz CT molecular complexity index is 583. The van der Waals surface area contributed by atoms with E-state index in [0.717, 1.165) is 23.9 Å². The Labute approximate surface area is 131 Å². The average Bonchev–Trinajstić information content (AvgIpc) is 2.98. The Balaban J connectivity index is 2.00. The minimum atomic E-state index is -3.17. The van der Waals surface area contributed by atoms with E-state index in [-0.39, 0.29) is 5.25 Å². The third-order valence-corrected chi connectivity index (χ3v) is 6.91. The Hall–Kier alpha value is -0.700. The molecule has 1 aromatic heterocycles. The lowest BCUT2D eigenvalue weighted by molar-refractivity contribution is 0.333. The lowest BCUT2D eigenvalue weighted by atomic mass is 10.4. The molecule has 1 aliphatic rings. The Morgan fingerprint density at radius 1 is 1.48 bits per heavy atom. The molecular formula is C13H24N4O2S2. The SMILES string of the molecule is CCNS(=O)(=O)[C@@H]1CCN(Cc2sc(N(C)C)nc2C)C1. The van der Waals surface area contributed by atoms with E-state index in [1.54, 1.807) is 11.3 Å². The van der Waals surface area contributed by atoms with Crippen molar-refractivity contribution in [1.29, 1.82) is 0 Å². The van der Waals surface area contributed by atoms with Crippen molar-refractivity contribution in [2.24, 2.45) is 0 Å². The molecule has 0 saturated carbocycles. The first-order valence-electron chi connectivity index (χ1n) is 7.18. The maximum Gasteiger partial charge on any atom is 0.215 e. The number of sulfonamides is 1. The second kappa shape index (κ2) is 6.60. The number of nitrogens with zero attached hydrogens (tertiary/aromatic N) is 3. The summed E-state index contributed by atoms with van der Waals surface area (Å²) in [5, 5.41) is 0.706. The van der Waals surface area contributed by atoms with Gasteiger partial charge in [0.2, 0.25) is 10.0 Å². The molecule has 1 saturated heterocycles. The van der Waals surface area contributed by atoms with E-state index in [4.69, 9.17) is 0 Å². The highest BCUT2D eigenvalue weighted by Crippen LogP contribution is 2.27. The first kappa shape index (κ1) is 16.7. The van der Waals surface area contributed by atoms with Gasteiger partial charge >= 0.3 is 0 Å². The van der Waals surface area contributed by atoms with Crippen LogP contribution in [0.2, 0.25) is 0 Å². The van der Waals surface area contributed by atoms with Gasteiger partial charge in [-0.1, -0.05) is 6.92 Å². The number of anilines is 1. The molecule has 1 aliphatic heterocycles. The van der Waals surface area contributed by atoms with Crippen LogP contribution in [0.3, 0.4) is 0 Å². The van der Waals surface area contributed by atoms with Crippen molar-refractivity contribution in [1.82, 2.24) is 14.6 Å². The summed E-state index contributed by atoms with van der Waals surface area (Å²) in [5.74, 6) is 0. The van der Waals surface area contributed by atoms with Gasteiger partial charge in [0.15, 0.2) is 5.13 Å². The number of aryl methyl sites for hydroxylation is 1. The van der Waals surface area contributed by atoms with E-state index in [1.165, 1.54) is 4.88 Å². The molecule has 0 unspecified atom stereocenters. The second-order valence-electron chi connectivity index (χ2n) is 5.59. The Kier molecular flexibility index (Phi) is 5.24. The van der Waals surface area contributed by atoms with Crippen LogP contribution >= 0.6 is 11.3 Å². The van der Waals surface area contributed by atoms with Gasteiger partial charge in [0.25, 0.3) is 0 Å². The van der Waals surface area contributed by atoms with Crippen molar-refractivity contribution in [3.05, 3.63) is 10.6 Å². The van der Waals surface area contributed by atoms with Crippen LogP contribution in [0.25, 0.3) is 0 Å². The molecule has 1 N–H and O–H groups in total. The van der Waals surface area contributed by atoms with E-state index >= 15 is 0 Å². The molecular weight excluding hydrogens is 308 g/mol. The summed E-state index contributed by atoms with van der Waals surface area (Å²) in [4.78, 5) is 9.97. The standard InChI is InChI=1S/C13H24N4O2S2/c1-5-14-21(18,19)11-6-7-17(8-11)9-12-10(2)15-13(20-12)16(3)4/h11,14H,5-9H2,1-4H3/t11-/m1/s1. The molecule has 8 heteroatoms. The number of hydrogen-bond acceptors (Lipinski definition) is 6. The highest BCUT2D eigenvalue weighted by Gasteiger charge is 2.32. The van der Waals surface area contributed by atoms with Crippen LogP contribution in [0.4, 0.5) is 5.13 Å². The van der Waals surface area contributed by atoms with E-state index in [0.29, 0.717) is 19.5 Å². The van der Waals surface area contributed by atoms with Crippen LogP contribution < -0.4 is 9.62 Å². The third kappa shape index (κ3) is 3.94. The van der Waals surface area contributed by atoms with Gasteiger partial charge in [0.1, 0.15) is 0 Å². The number of rotatable bonds is 6. The smallest absolute Gasteiger partial charge is 0.215 e. The zero-order valence-electron chi connectivity index (χ0n) is 13.1. The predicted molar refractivity (Wildman–Crippen MR) is 87.5 cm³/mol. The third-order valence-electron chi connectivity index (χ3n) is 3.64. The van der Waals surface area contributed by atoms with Crippen molar-refractivity contribution in [2.75, 3.05) is 38.6 Å². The fourth-order valence-corrected chi connectivity index (χ4v) is 4.95. The van der Waals surface area contributed by atoms with E-state index < -0.39 is 10.0 Å². The first-order valence-corrected chi connectivity index (χ1v) is 9.54. The summed E-state index contributed by atoms with van der Waals surface area (Å²) in [6.07, 6.45) is 0.702. The number of hydrogen-bond donors (Lipinski definition) is 1. The molecule has 2 heterocycles. The monoisotopic (exact) mass is 332 g/mol. The van der Waals surface area contributed by atoms with Gasteiger partial charge in [0, 0.05) is 38.6 Å². The van der Waals surface area contributed by atoms with Gasteiger partial charge in [-0.05, 0) is 19.9 Å². The van der Waals surface area contributed by atoms with Crippen LogP contribution in [0, 0.1) is 6.92 Å². The summed E-state index contributed by atoms with van der Waals surface area (Å²) >= 11 is 1.68. The maximum atomic E-state index is 12.0. The quantitative estimate of drug-likeness (QED) is 0.843. The lowest BCUT2D eigenvalue weighted by Crippen LogP contribution is -2.36. The topological polar surface area (TPSA) is 65.5 Å². The van der Waals surface area contributed by atoms with Crippen molar-refractivity contribution < 1.29 is 8.42 Å². The van der Waals surface area contributed by atoms with Crippen molar-refractivity contribution in [3.63, 3.8) is 0 Å². The van der Waals surface area contributed by atoms with Crippen LogP contribution in [-0.4, -0.2) is 57.3 Å². The molecule has 0 spiro atoms. The summed E-state index contributed by atoms with van der Waals surface area (Å²) < 4.78 is 26.7. The second-order valence-corrected chi connectivity index (χ2v) is 8.70. The first-order chi connectivity index (χ1) is 9.83. The van der Waals surface area contributed by atoms with Crippen LogP contribution in [0.5, 0.6) is 0 Å². The molecule has 21 heavy (non-hydrogen) atoms. The molecule has 0 radical (unpaired) electrons. The maximum absolute atomic E-state index is 12.0. The fourth-order valence-electron chi connectivity index (χ4n) is 2.47. The van der Waals surface area contributed by atoms with Crippen LogP contribution in [0.15, 0.2) is 0 Å². The summed E-state index contributed by atoms with van der Waals surface area (Å²) in [6, 6.07) is 0. The summed E-state index contributed by atoms with van der Waals surface area (Å²) in [5.41, 5.74) is 1.04. The normalized spacial score (nSPS) is 20.1. The molecule has 1 aromatic rings. The minimum Gasteiger partial charge on any atom is -0.354 e. The zero-order valence-corrected chi connectivity index (χ0v) is 14.7. The number of aromatic nitrogens is 1. The summed E-state index contributed by atoms with van der Waals surface area (Å²) in [7, 11) is 0.800. The van der Waals surface area contributed by atoms with E-state index in [1.807, 2.05) is 32.8 Å². The fraction of sp³-hybridized carbons (Fsp3) is 0.769. The molecule has 0 aliphatic carbocycles. The molecule has 6 nitrogen and oxygen atoms in total. The average molecular weight is 332 g/mol. The molecule has 0 bridgehead atoms. The molecule has 0 amide bonds. The van der Waals surface area contributed by atoms with E-state index in [2.05, 4.69) is 14.6 Å². The predicted octanol–water partition coefficient (Wildman–Crippen LogP) is 1.03. The van der Waals surface area contributed by atoms with E-state index in [9.17, 15) is 8.42 Å². The highest BCUT2D eigenvalue weighted by atomic mass is 32.2. The molecule has 2 rings (SSSR count). The van der Waals surface area contributed by atoms with Crippen LogP contribution in [0.1, 0.15) is 23.9 Å². The van der Waals surface area contributed by atoms with Gasteiger partial charge in [-0.3, -0.25) is 4.90 Å². The molecule has 1 atom stereocenters. The van der Waals surface area contributed by atoms with Gasteiger partial charge in [-0.2, -0.15) is 0 Å². The van der Waals surface area contributed by atoms with Gasteiger partial charge in [0.05, 0.1) is 10.9 Å². The number of thiazole rings is 1. The highest BCUT2D eigenvalue weighted by molar-refractivity contribution is 7.90. The molecule has 1 fully saturated rings. The number of likely N-dealkylation sites (tertiary alicyclic amines) is 1. The lowest BCUT2D eigenvalue weighted by Gasteiger charge is -2.15. The number of nitrogens with one attached hydrogen (secondary N) is 1. The minimum absolute atomic E-state index is 0.293. The largest absolute Gasteiger partial charge is 0.354 e. The van der Waals surface area contributed by atoms with Crippen molar-refractivity contribution in [3.8, 4) is 0 Å². The van der Waals surface area contributed by atoms with Gasteiger partial charge < -0.3 is 4.90 Å². The summed E-state index contributed by atoms with van der Waals surface area (Å²) in [6.45, 7) is 6.50. The molecule has 0 aromatic carbocycles. The Morgan fingerprint density at radius 3 is 2.76 bits per heavy atom. The Morgan fingerprint density at radius 2 is 2.19 bits per heavy atom. The molecule has 120 valence electrons. The zero-order chi connectivity index (χ0) is 15.6. The van der Waals surface area contributed by atoms with Gasteiger partial charge in [-0.15, -0.1) is 11.3 Å². The van der Waals surface area contributed by atoms with Crippen LogP contribution in [-0.2, 0) is 16.6 Å². The van der Waals surface area contributed by atoms with Crippen molar-refractivity contribution in [2.45, 2.75) is 32.1 Å².